The third-order valence-corrected chi connectivity index (χ3v) is 15.7. The smallest absolute Gasteiger partial charge is 0.283 e. The topological polar surface area (TPSA) is 49.7 Å². The number of nitrogens with zero attached hydrogens (tertiary/aromatic N) is 2. The molecule has 0 saturated carbocycles. The third-order valence-electron chi connectivity index (χ3n) is 6.95. The van der Waals surface area contributed by atoms with Gasteiger partial charge >= 0.3 is 0 Å². The van der Waals surface area contributed by atoms with E-state index in [9.17, 15) is 8.42 Å². The molecule has 0 radical (unpaired) electrons. The van der Waals surface area contributed by atoms with Crippen LogP contribution in [0.15, 0.2) is 33.6 Å². The summed E-state index contributed by atoms with van der Waals surface area (Å²) in [5, 5.41) is 0. The largest absolute Gasteiger partial charge is 0.360 e. The molecule has 1 saturated heterocycles. The van der Waals surface area contributed by atoms with Crippen molar-refractivity contribution < 1.29 is 8.42 Å². The van der Waals surface area contributed by atoms with E-state index in [1.54, 1.807) is 12.1 Å². The summed E-state index contributed by atoms with van der Waals surface area (Å²) < 4.78 is 30.9. The Balaban J connectivity index is 2.54. The summed E-state index contributed by atoms with van der Waals surface area (Å²) in [7, 11) is -5.53. The molecule has 29 heavy (non-hydrogen) atoms. The summed E-state index contributed by atoms with van der Waals surface area (Å²) in [6, 6.07) is 7.89. The van der Waals surface area contributed by atoms with E-state index in [1.807, 2.05) is 19.1 Å². The van der Waals surface area contributed by atoms with Gasteiger partial charge in [0.2, 0.25) is 0 Å². The monoisotopic (exact) mass is 436 g/mol. The fraction of sp³-hybridized carbons (Fsp3) is 0.696. The van der Waals surface area contributed by atoms with E-state index >= 15 is 0 Å². The summed E-state index contributed by atoms with van der Waals surface area (Å²) in [4.78, 5) is 2.56. The van der Waals surface area contributed by atoms with E-state index in [2.05, 4.69) is 50.8 Å². The van der Waals surface area contributed by atoms with Crippen molar-refractivity contribution in [1.82, 2.24) is 4.90 Å². The highest BCUT2D eigenvalue weighted by molar-refractivity contribution is 7.90. The van der Waals surface area contributed by atoms with Gasteiger partial charge in [0.15, 0.2) is 0 Å². The Kier molecular flexibility index (Phi) is 8.13. The van der Waals surface area contributed by atoms with Gasteiger partial charge < -0.3 is 4.90 Å². The van der Waals surface area contributed by atoms with Gasteiger partial charge in [0.1, 0.15) is 5.84 Å². The maximum Gasteiger partial charge on any atom is 0.283 e. The molecule has 1 fully saturated rings. The molecule has 6 heteroatoms. The highest BCUT2D eigenvalue weighted by Gasteiger charge is 2.44. The number of piperidine rings is 1. The van der Waals surface area contributed by atoms with Crippen LogP contribution in [-0.2, 0) is 10.0 Å². The molecule has 0 N–H and O–H groups in total. The first kappa shape index (κ1) is 24.1. The zero-order chi connectivity index (χ0) is 21.8. The lowest BCUT2D eigenvalue weighted by molar-refractivity contribution is 0.340. The van der Waals surface area contributed by atoms with Crippen LogP contribution >= 0.6 is 0 Å². The molecule has 0 unspecified atom stereocenters. The standard InChI is InChI=1S/C23H40N2O2SSi/c1-18(2)29(19(3)4,20(5)6)17-23(25-15-9-8-10-16-25)24-28(26,27)22-13-11-21(7)12-14-22/h11-14,18-20H,8-10,15-17H2,1-7H3/b24-23+. The summed E-state index contributed by atoms with van der Waals surface area (Å²) in [6.45, 7) is 17.8. The molecule has 4 nitrogen and oxygen atoms in total. The Bertz CT molecular complexity index is 771. The Morgan fingerprint density at radius 3 is 1.86 bits per heavy atom. The van der Waals surface area contributed by atoms with Crippen LogP contribution in [0.2, 0.25) is 22.7 Å². The van der Waals surface area contributed by atoms with Gasteiger partial charge in [-0.25, -0.2) is 0 Å². The normalized spacial score (nSPS) is 16.9. The first-order chi connectivity index (χ1) is 13.5. The van der Waals surface area contributed by atoms with Gasteiger partial charge in [-0.05, 0) is 38.3 Å². The van der Waals surface area contributed by atoms with Crippen LogP contribution in [0.25, 0.3) is 0 Å². The first-order valence-corrected chi connectivity index (χ1v) is 15.0. The van der Waals surface area contributed by atoms with E-state index in [0.29, 0.717) is 21.5 Å². The quantitative estimate of drug-likeness (QED) is 0.288. The molecule has 1 aromatic rings. The number of hydrogen-bond donors (Lipinski definition) is 0. The summed E-state index contributed by atoms with van der Waals surface area (Å²) in [5.41, 5.74) is 2.76. The second-order valence-corrected chi connectivity index (χ2v) is 17.2. The molecule has 0 aliphatic carbocycles. The molecule has 0 spiro atoms. The van der Waals surface area contributed by atoms with E-state index in [0.717, 1.165) is 43.4 Å². The van der Waals surface area contributed by atoms with Crippen molar-refractivity contribution in [2.45, 2.75) is 95.3 Å². The van der Waals surface area contributed by atoms with Crippen LogP contribution in [0.1, 0.15) is 66.4 Å². The van der Waals surface area contributed by atoms with Crippen molar-refractivity contribution in [1.29, 1.82) is 0 Å². The van der Waals surface area contributed by atoms with Crippen LogP contribution < -0.4 is 0 Å². The molecule has 1 aromatic carbocycles. The molecule has 0 bridgehead atoms. The Hall–Kier alpha value is -1.14. The summed E-state index contributed by atoms with van der Waals surface area (Å²) >= 11 is 0. The third kappa shape index (κ3) is 5.51. The van der Waals surface area contributed by atoms with E-state index in [4.69, 9.17) is 0 Å². The molecule has 164 valence electrons. The second-order valence-electron chi connectivity index (χ2n) is 9.60. The highest BCUT2D eigenvalue weighted by atomic mass is 32.2. The lowest BCUT2D eigenvalue weighted by Gasteiger charge is -2.45. The van der Waals surface area contributed by atoms with Crippen molar-refractivity contribution in [3.8, 4) is 0 Å². The van der Waals surface area contributed by atoms with Gasteiger partial charge in [0, 0.05) is 19.1 Å². The fourth-order valence-electron chi connectivity index (χ4n) is 5.14. The van der Waals surface area contributed by atoms with Crippen LogP contribution in [0, 0.1) is 6.92 Å². The minimum Gasteiger partial charge on any atom is -0.360 e. The van der Waals surface area contributed by atoms with Gasteiger partial charge in [-0.2, -0.15) is 8.42 Å². The van der Waals surface area contributed by atoms with E-state index in [1.165, 1.54) is 6.42 Å². The minimum atomic E-state index is -3.71. The summed E-state index contributed by atoms with van der Waals surface area (Å²) in [6.07, 6.45) is 3.45. The van der Waals surface area contributed by atoms with Crippen molar-refractivity contribution in [3.05, 3.63) is 29.8 Å². The average molecular weight is 437 g/mol. The maximum atomic E-state index is 13.2. The Morgan fingerprint density at radius 1 is 0.931 bits per heavy atom. The zero-order valence-corrected chi connectivity index (χ0v) is 21.2. The number of amidine groups is 1. The zero-order valence-electron chi connectivity index (χ0n) is 19.4. The average Bonchev–Trinajstić information content (AvgIpc) is 2.65. The molecule has 0 amide bonds. The number of likely N-dealkylation sites (tertiary alicyclic amines) is 1. The number of sulfonamides is 1. The predicted octanol–water partition coefficient (Wildman–Crippen LogP) is 6.25. The molecule has 0 atom stereocenters. The minimum absolute atomic E-state index is 0.295. The van der Waals surface area contributed by atoms with Crippen LogP contribution in [0.3, 0.4) is 0 Å². The van der Waals surface area contributed by atoms with Crippen molar-refractivity contribution >= 4 is 23.9 Å². The van der Waals surface area contributed by atoms with Gasteiger partial charge in [-0.15, -0.1) is 4.40 Å². The Morgan fingerprint density at radius 2 is 1.41 bits per heavy atom. The van der Waals surface area contributed by atoms with E-state index in [-0.39, 0.29) is 0 Å². The number of aryl methyl sites for hydroxylation is 1. The van der Waals surface area contributed by atoms with Crippen molar-refractivity contribution in [2.24, 2.45) is 4.40 Å². The molecular formula is C23H40N2O2SSi. The molecule has 1 heterocycles. The Labute approximate surface area is 179 Å². The van der Waals surface area contributed by atoms with Gasteiger partial charge in [-0.1, -0.05) is 75.9 Å². The van der Waals surface area contributed by atoms with Gasteiger partial charge in [-0.3, -0.25) is 0 Å². The predicted molar refractivity (Wildman–Crippen MR) is 127 cm³/mol. The van der Waals surface area contributed by atoms with E-state index < -0.39 is 18.1 Å². The van der Waals surface area contributed by atoms with Gasteiger partial charge in [0.05, 0.1) is 13.0 Å². The molecule has 1 aliphatic heterocycles. The van der Waals surface area contributed by atoms with Crippen molar-refractivity contribution in [3.63, 3.8) is 0 Å². The van der Waals surface area contributed by atoms with Crippen LogP contribution in [-0.4, -0.2) is 40.3 Å². The number of hydrogen-bond acceptors (Lipinski definition) is 2. The molecular weight excluding hydrogens is 396 g/mol. The SMILES string of the molecule is Cc1ccc(S(=O)(=O)/N=C(\C[Si](C(C)C)(C(C)C)C(C)C)N2CCCCC2)cc1. The van der Waals surface area contributed by atoms with Crippen molar-refractivity contribution in [2.75, 3.05) is 13.1 Å². The first-order valence-electron chi connectivity index (χ1n) is 11.2. The fourth-order valence-corrected chi connectivity index (χ4v) is 12.4. The molecule has 2 rings (SSSR count). The summed E-state index contributed by atoms with van der Waals surface area (Å²) in [5.74, 6) is 0.813. The van der Waals surface area contributed by atoms with Gasteiger partial charge in [0.25, 0.3) is 10.0 Å². The molecule has 1 aliphatic rings. The lowest BCUT2D eigenvalue weighted by Crippen LogP contribution is -2.49. The number of rotatable bonds is 7. The second kappa shape index (κ2) is 9.78. The highest BCUT2D eigenvalue weighted by Crippen LogP contribution is 2.45. The maximum absolute atomic E-state index is 13.2. The lowest BCUT2D eigenvalue weighted by atomic mass is 10.1. The van der Waals surface area contributed by atoms with Crippen LogP contribution in [0.5, 0.6) is 0 Å². The number of benzene rings is 1. The van der Waals surface area contributed by atoms with Crippen LogP contribution in [0.4, 0.5) is 0 Å². The molecule has 0 aromatic heterocycles.